The number of pyridine rings is 1. The monoisotopic (exact) mass is 462 g/mol. The number of nitrogens with zero attached hydrogens (tertiary/aromatic N) is 3. The van der Waals surface area contributed by atoms with E-state index >= 15 is 0 Å². The number of hydrogen-bond acceptors (Lipinski definition) is 5. The van der Waals surface area contributed by atoms with Crippen LogP contribution in [0.3, 0.4) is 0 Å². The van der Waals surface area contributed by atoms with E-state index in [1.54, 1.807) is 35.5 Å². The van der Waals surface area contributed by atoms with Crippen molar-refractivity contribution in [2.75, 3.05) is 26.2 Å². The van der Waals surface area contributed by atoms with Gasteiger partial charge in [0.05, 0.1) is 10.9 Å². The number of halogens is 2. The van der Waals surface area contributed by atoms with Crippen LogP contribution in [0, 0.1) is 5.92 Å². The Labute approximate surface area is 184 Å². The van der Waals surface area contributed by atoms with Gasteiger partial charge in [0.1, 0.15) is 0 Å². The van der Waals surface area contributed by atoms with E-state index in [1.807, 2.05) is 19.9 Å². The first-order valence-electron chi connectivity index (χ1n) is 9.19. The molecular weight excluding hydrogens is 435 g/mol. The summed E-state index contributed by atoms with van der Waals surface area (Å²) in [6.45, 7) is 5.33. The Balaban J connectivity index is 0.00000210. The molecule has 7 nitrogen and oxygen atoms in total. The molecular formula is C19H28Cl2N4O3S. The quantitative estimate of drug-likeness (QED) is 0.751. The zero-order valence-corrected chi connectivity index (χ0v) is 19.0. The first kappa shape index (κ1) is 25.6. The fourth-order valence-electron chi connectivity index (χ4n) is 3.31. The molecule has 3 rings (SSSR count). The second-order valence-corrected chi connectivity index (χ2v) is 9.11. The maximum atomic E-state index is 13.2. The summed E-state index contributed by atoms with van der Waals surface area (Å²) in [5.41, 5.74) is 5.99. The standard InChI is InChI=1S/C19H26N4O3S.2ClH/c1-14(2)18(20)19(24)22-9-4-10-23(12-11-22)27(25,26)17-6-3-5-15-13-21-8-7-16(15)17;;/h3,5-8,13-14,18H,4,9-12,20H2,1-2H3;2*1H/t18-;;/m1../s1. The van der Waals surface area contributed by atoms with Crippen molar-refractivity contribution in [2.45, 2.75) is 31.2 Å². The van der Waals surface area contributed by atoms with Crippen LogP contribution in [-0.2, 0) is 14.8 Å². The van der Waals surface area contributed by atoms with Crippen molar-refractivity contribution in [3.8, 4) is 0 Å². The van der Waals surface area contributed by atoms with Gasteiger partial charge in [-0.1, -0.05) is 26.0 Å². The van der Waals surface area contributed by atoms with Crippen molar-refractivity contribution < 1.29 is 13.2 Å². The Morgan fingerprint density at radius 2 is 1.83 bits per heavy atom. The molecule has 2 N–H and O–H groups in total. The molecule has 0 radical (unpaired) electrons. The Hall–Kier alpha value is -1.45. The number of nitrogens with two attached hydrogens (primary N) is 1. The van der Waals surface area contributed by atoms with Crippen molar-refractivity contribution in [2.24, 2.45) is 11.7 Å². The highest BCUT2D eigenvalue weighted by molar-refractivity contribution is 7.89. The van der Waals surface area contributed by atoms with E-state index in [2.05, 4.69) is 4.98 Å². The van der Waals surface area contributed by atoms with E-state index in [4.69, 9.17) is 5.73 Å². The molecule has 162 valence electrons. The van der Waals surface area contributed by atoms with Crippen LogP contribution in [0.1, 0.15) is 20.3 Å². The van der Waals surface area contributed by atoms with Crippen LogP contribution >= 0.6 is 24.8 Å². The van der Waals surface area contributed by atoms with Gasteiger partial charge in [0, 0.05) is 49.3 Å². The Kier molecular flexibility index (Phi) is 9.30. The number of rotatable bonds is 4. The lowest BCUT2D eigenvalue weighted by atomic mass is 10.0. The molecule has 1 aromatic heterocycles. The minimum absolute atomic E-state index is 0. The molecule has 1 fully saturated rings. The Morgan fingerprint density at radius 3 is 2.52 bits per heavy atom. The van der Waals surface area contributed by atoms with Gasteiger partial charge in [-0.3, -0.25) is 9.78 Å². The number of benzene rings is 1. The summed E-state index contributed by atoms with van der Waals surface area (Å²) in [6.07, 6.45) is 3.84. The van der Waals surface area contributed by atoms with Gasteiger partial charge >= 0.3 is 0 Å². The lowest BCUT2D eigenvalue weighted by Gasteiger charge is -2.26. The van der Waals surface area contributed by atoms with Crippen LogP contribution in [0.5, 0.6) is 0 Å². The van der Waals surface area contributed by atoms with Crippen molar-refractivity contribution in [1.82, 2.24) is 14.2 Å². The molecule has 0 saturated carbocycles. The number of carbonyl (C=O) groups excluding carboxylic acids is 1. The van der Waals surface area contributed by atoms with Gasteiger partial charge in [-0.05, 0) is 24.5 Å². The number of hydrogen-bond donors (Lipinski definition) is 1. The Bertz CT molecular complexity index is 935. The van der Waals surface area contributed by atoms with Crippen LogP contribution in [-0.4, -0.2) is 60.7 Å². The minimum atomic E-state index is -3.66. The van der Waals surface area contributed by atoms with Crippen LogP contribution in [0.2, 0.25) is 0 Å². The van der Waals surface area contributed by atoms with Crippen LogP contribution in [0.15, 0.2) is 41.6 Å². The van der Waals surface area contributed by atoms with Crippen molar-refractivity contribution in [1.29, 1.82) is 0 Å². The molecule has 0 bridgehead atoms. The molecule has 2 aromatic rings. The molecule has 1 aliphatic rings. The maximum Gasteiger partial charge on any atom is 0.243 e. The van der Waals surface area contributed by atoms with Crippen molar-refractivity contribution in [3.63, 3.8) is 0 Å². The summed E-state index contributed by atoms with van der Waals surface area (Å²) in [4.78, 5) is 18.5. The van der Waals surface area contributed by atoms with Crippen LogP contribution < -0.4 is 5.73 Å². The predicted molar refractivity (Wildman–Crippen MR) is 119 cm³/mol. The first-order valence-corrected chi connectivity index (χ1v) is 10.6. The molecule has 1 amide bonds. The summed E-state index contributed by atoms with van der Waals surface area (Å²) < 4.78 is 28.0. The summed E-state index contributed by atoms with van der Waals surface area (Å²) in [5, 5.41) is 1.44. The topological polar surface area (TPSA) is 96.6 Å². The molecule has 1 saturated heterocycles. The van der Waals surface area contributed by atoms with Crippen LogP contribution in [0.25, 0.3) is 10.8 Å². The first-order chi connectivity index (χ1) is 12.8. The summed E-state index contributed by atoms with van der Waals surface area (Å²) in [5.74, 6) is -0.0645. The average molecular weight is 463 g/mol. The van der Waals surface area contributed by atoms with Crippen LogP contribution in [0.4, 0.5) is 0 Å². The van der Waals surface area contributed by atoms with E-state index in [0.717, 1.165) is 5.39 Å². The number of carbonyl (C=O) groups is 1. The lowest BCUT2D eigenvalue weighted by Crippen LogP contribution is -2.47. The Morgan fingerprint density at radius 1 is 1.10 bits per heavy atom. The van der Waals surface area contributed by atoms with E-state index in [0.29, 0.717) is 31.4 Å². The molecule has 1 aliphatic heterocycles. The summed E-state index contributed by atoms with van der Waals surface area (Å²) in [6, 6.07) is 6.36. The highest BCUT2D eigenvalue weighted by Crippen LogP contribution is 2.26. The molecule has 0 aliphatic carbocycles. The van der Waals surface area contributed by atoms with Crippen molar-refractivity contribution >= 4 is 51.5 Å². The zero-order valence-electron chi connectivity index (χ0n) is 16.5. The van der Waals surface area contributed by atoms with Gasteiger partial charge in [0.2, 0.25) is 15.9 Å². The molecule has 10 heteroatoms. The zero-order chi connectivity index (χ0) is 19.6. The van der Waals surface area contributed by atoms with Gasteiger partial charge in [-0.15, -0.1) is 24.8 Å². The third-order valence-electron chi connectivity index (χ3n) is 5.03. The molecule has 0 spiro atoms. The normalized spacial score (nSPS) is 16.6. The summed E-state index contributed by atoms with van der Waals surface area (Å²) >= 11 is 0. The number of amides is 1. The molecule has 2 heterocycles. The lowest BCUT2D eigenvalue weighted by molar-refractivity contribution is -0.133. The maximum absolute atomic E-state index is 13.2. The van der Waals surface area contributed by atoms with E-state index in [1.165, 1.54) is 4.31 Å². The second kappa shape index (κ2) is 10.5. The number of aromatic nitrogens is 1. The highest BCUT2D eigenvalue weighted by Gasteiger charge is 2.31. The largest absolute Gasteiger partial charge is 0.340 e. The van der Waals surface area contributed by atoms with E-state index in [9.17, 15) is 13.2 Å². The second-order valence-electron chi connectivity index (χ2n) is 7.21. The highest BCUT2D eigenvalue weighted by atomic mass is 35.5. The van der Waals surface area contributed by atoms with Crippen molar-refractivity contribution in [3.05, 3.63) is 36.7 Å². The molecule has 0 unspecified atom stereocenters. The fraction of sp³-hybridized carbons (Fsp3) is 0.474. The number of sulfonamides is 1. The van der Waals surface area contributed by atoms with Gasteiger partial charge in [-0.25, -0.2) is 8.42 Å². The van der Waals surface area contributed by atoms with E-state index in [-0.39, 0.29) is 48.1 Å². The molecule has 1 atom stereocenters. The molecule has 29 heavy (non-hydrogen) atoms. The predicted octanol–water partition coefficient (Wildman–Crippen LogP) is 2.28. The van der Waals surface area contributed by atoms with Gasteiger partial charge < -0.3 is 10.6 Å². The minimum Gasteiger partial charge on any atom is -0.340 e. The third-order valence-corrected chi connectivity index (χ3v) is 6.99. The number of fused-ring (bicyclic) bond motifs is 1. The van der Waals surface area contributed by atoms with Gasteiger partial charge in [0.15, 0.2) is 0 Å². The smallest absolute Gasteiger partial charge is 0.243 e. The van der Waals surface area contributed by atoms with Gasteiger partial charge in [0.25, 0.3) is 0 Å². The SMILES string of the molecule is CC(C)[C@@H](N)C(=O)N1CCCN(S(=O)(=O)c2cccc3cnccc23)CC1.Cl.Cl. The average Bonchev–Trinajstić information content (AvgIpc) is 2.93. The fourth-order valence-corrected chi connectivity index (χ4v) is 4.99. The summed E-state index contributed by atoms with van der Waals surface area (Å²) in [7, 11) is -3.66. The van der Waals surface area contributed by atoms with E-state index < -0.39 is 16.1 Å². The van der Waals surface area contributed by atoms with Gasteiger partial charge in [-0.2, -0.15) is 4.31 Å². The molecule has 1 aromatic carbocycles. The third kappa shape index (κ3) is 5.38.